The molecule has 8 rings (SSSR count). The molecule has 0 atom stereocenters. The zero-order chi connectivity index (χ0) is 20.1. The van der Waals surface area contributed by atoms with Gasteiger partial charge < -0.3 is 0 Å². The van der Waals surface area contributed by atoms with Crippen LogP contribution >= 0.6 is 0 Å². The molecular weight excluding hydrogens is 380 g/mol. The first kappa shape index (κ1) is 15.7. The summed E-state index contributed by atoms with van der Waals surface area (Å²) in [6, 6.07) is 21.6. The molecule has 4 aromatic heterocycles. The van der Waals surface area contributed by atoms with Crippen LogP contribution in [0.4, 0.5) is 0 Å². The molecule has 0 unspecified atom stereocenters. The Kier molecular flexibility index (Phi) is 2.72. The van der Waals surface area contributed by atoms with E-state index in [1.165, 1.54) is 39.1 Å². The summed E-state index contributed by atoms with van der Waals surface area (Å²) < 4.78 is 2.32. The number of hydrogen-bond acceptors (Lipinski definition) is 3. The van der Waals surface area contributed by atoms with Crippen LogP contribution in [-0.4, -0.2) is 19.4 Å². The molecule has 0 saturated carbocycles. The van der Waals surface area contributed by atoms with Crippen molar-refractivity contribution in [2.75, 3.05) is 0 Å². The lowest BCUT2D eigenvalue weighted by molar-refractivity contribution is 1.07. The monoisotopic (exact) mass is 396 g/mol. The van der Waals surface area contributed by atoms with Crippen LogP contribution in [0.3, 0.4) is 0 Å². The van der Waals surface area contributed by atoms with Gasteiger partial charge in [0.25, 0.3) is 0 Å². The van der Waals surface area contributed by atoms with Crippen LogP contribution in [0.2, 0.25) is 0 Å². The quantitative estimate of drug-likeness (QED) is 0.315. The Balaban J connectivity index is 1.47. The fourth-order valence-electron chi connectivity index (χ4n) is 5.67. The normalized spacial score (nSPS) is 13.5. The molecular formula is C27H16N4. The molecule has 2 aliphatic rings. The van der Waals surface area contributed by atoms with Gasteiger partial charge in [0, 0.05) is 29.8 Å². The highest BCUT2D eigenvalue weighted by Gasteiger charge is 2.31. The van der Waals surface area contributed by atoms with E-state index in [4.69, 9.17) is 4.98 Å². The van der Waals surface area contributed by atoms with Crippen LogP contribution in [0.15, 0.2) is 73.1 Å². The number of imidazole rings is 1. The zero-order valence-corrected chi connectivity index (χ0v) is 16.6. The highest BCUT2D eigenvalue weighted by atomic mass is 15.0. The van der Waals surface area contributed by atoms with Gasteiger partial charge in [-0.05, 0) is 58.5 Å². The smallest absolute Gasteiger partial charge is 0.147 e. The largest absolute Gasteiger partial charge is 0.293 e. The van der Waals surface area contributed by atoms with E-state index >= 15 is 0 Å². The molecule has 0 radical (unpaired) electrons. The van der Waals surface area contributed by atoms with E-state index in [0.29, 0.717) is 0 Å². The summed E-state index contributed by atoms with van der Waals surface area (Å²) in [5.74, 6) is 0. The predicted octanol–water partition coefficient (Wildman–Crippen LogP) is 5.57. The molecule has 0 saturated heterocycles. The number of pyridine rings is 3. The lowest BCUT2D eigenvalue weighted by Crippen LogP contribution is -1.99. The molecule has 4 heterocycles. The van der Waals surface area contributed by atoms with E-state index < -0.39 is 0 Å². The molecule has 2 aromatic carbocycles. The van der Waals surface area contributed by atoms with Crippen molar-refractivity contribution in [3.63, 3.8) is 0 Å². The van der Waals surface area contributed by atoms with Crippen molar-refractivity contribution in [3.8, 4) is 22.4 Å². The standard InChI is InChI=1S/C27H16N4/c1-2-6-16-15(5-1)13-20-17(16)9-10-18-21(20)14-23-24(18)30-27-19-7-3-11-28-25(19)26-22(31(23)27)8-4-12-29-26/h1-12H,13-14H2. The van der Waals surface area contributed by atoms with Crippen LogP contribution < -0.4 is 0 Å². The van der Waals surface area contributed by atoms with Crippen molar-refractivity contribution in [2.24, 2.45) is 0 Å². The number of benzene rings is 2. The van der Waals surface area contributed by atoms with E-state index in [2.05, 4.69) is 62.9 Å². The van der Waals surface area contributed by atoms with Gasteiger partial charge in [-0.1, -0.05) is 36.4 Å². The third kappa shape index (κ3) is 1.84. The summed E-state index contributed by atoms with van der Waals surface area (Å²) in [6.45, 7) is 0. The maximum Gasteiger partial charge on any atom is 0.147 e. The molecule has 0 fully saturated rings. The molecule has 0 amide bonds. The maximum atomic E-state index is 5.18. The van der Waals surface area contributed by atoms with Gasteiger partial charge in [0.2, 0.25) is 0 Å². The molecule has 4 heteroatoms. The molecule has 6 aromatic rings. The molecule has 2 aliphatic carbocycles. The van der Waals surface area contributed by atoms with Gasteiger partial charge in [-0.3, -0.25) is 14.4 Å². The average molecular weight is 396 g/mol. The summed E-state index contributed by atoms with van der Waals surface area (Å²) in [5.41, 5.74) is 14.6. The first-order valence-electron chi connectivity index (χ1n) is 10.6. The van der Waals surface area contributed by atoms with Crippen LogP contribution in [0.25, 0.3) is 50.0 Å². The second kappa shape index (κ2) is 5.35. The average Bonchev–Trinajstić information content (AvgIpc) is 3.49. The molecule has 144 valence electrons. The SMILES string of the molecule is c1ccc2c(c1)Cc1c-2ccc2c1Cc1c-2nc2c3cccnc3c3ncccc3n12. The lowest BCUT2D eigenvalue weighted by atomic mass is 9.97. The Morgan fingerprint density at radius 2 is 1.48 bits per heavy atom. The van der Waals surface area contributed by atoms with Gasteiger partial charge in [0.15, 0.2) is 0 Å². The third-order valence-corrected chi connectivity index (χ3v) is 6.98. The third-order valence-electron chi connectivity index (χ3n) is 6.98. The Morgan fingerprint density at radius 3 is 2.45 bits per heavy atom. The number of fused-ring (bicyclic) bond motifs is 14. The highest BCUT2D eigenvalue weighted by molar-refractivity contribution is 6.08. The molecule has 0 N–H and O–H groups in total. The molecule has 31 heavy (non-hydrogen) atoms. The topological polar surface area (TPSA) is 43.1 Å². The van der Waals surface area contributed by atoms with Crippen LogP contribution in [0.1, 0.15) is 22.4 Å². The minimum atomic E-state index is 0.902. The zero-order valence-electron chi connectivity index (χ0n) is 16.6. The predicted molar refractivity (Wildman–Crippen MR) is 122 cm³/mol. The van der Waals surface area contributed by atoms with Crippen molar-refractivity contribution in [1.82, 2.24) is 19.4 Å². The van der Waals surface area contributed by atoms with Gasteiger partial charge in [-0.25, -0.2) is 4.98 Å². The Hall–Kier alpha value is -4.05. The Morgan fingerprint density at radius 1 is 0.677 bits per heavy atom. The van der Waals surface area contributed by atoms with Crippen molar-refractivity contribution in [3.05, 3.63) is 95.4 Å². The van der Waals surface area contributed by atoms with E-state index in [-0.39, 0.29) is 0 Å². The van der Waals surface area contributed by atoms with Gasteiger partial charge in [0.05, 0.1) is 16.9 Å². The second-order valence-corrected chi connectivity index (χ2v) is 8.47. The second-order valence-electron chi connectivity index (χ2n) is 8.47. The van der Waals surface area contributed by atoms with Gasteiger partial charge in [-0.15, -0.1) is 0 Å². The summed E-state index contributed by atoms with van der Waals surface area (Å²) in [4.78, 5) is 14.5. The number of rotatable bonds is 0. The van der Waals surface area contributed by atoms with Crippen LogP contribution in [0.5, 0.6) is 0 Å². The Bertz CT molecular complexity index is 1740. The molecule has 0 spiro atoms. The van der Waals surface area contributed by atoms with Gasteiger partial charge >= 0.3 is 0 Å². The fraction of sp³-hybridized carbons (Fsp3) is 0.0741. The Labute approximate surface area is 177 Å². The van der Waals surface area contributed by atoms with Crippen molar-refractivity contribution in [1.29, 1.82) is 0 Å². The van der Waals surface area contributed by atoms with Crippen molar-refractivity contribution >= 4 is 27.6 Å². The number of hydrogen-bond donors (Lipinski definition) is 0. The van der Waals surface area contributed by atoms with E-state index in [1.807, 2.05) is 24.5 Å². The minimum absolute atomic E-state index is 0.902. The van der Waals surface area contributed by atoms with Gasteiger partial charge in [0.1, 0.15) is 16.7 Å². The maximum absolute atomic E-state index is 5.18. The van der Waals surface area contributed by atoms with Crippen molar-refractivity contribution in [2.45, 2.75) is 12.8 Å². The summed E-state index contributed by atoms with van der Waals surface area (Å²) >= 11 is 0. The van der Waals surface area contributed by atoms with Crippen LogP contribution in [-0.2, 0) is 12.8 Å². The van der Waals surface area contributed by atoms with E-state index in [0.717, 1.165) is 46.1 Å². The van der Waals surface area contributed by atoms with Gasteiger partial charge in [-0.2, -0.15) is 0 Å². The molecule has 4 nitrogen and oxygen atoms in total. The van der Waals surface area contributed by atoms with Crippen LogP contribution in [0, 0.1) is 0 Å². The summed E-state index contributed by atoms with van der Waals surface area (Å²) in [6.07, 6.45) is 5.59. The van der Waals surface area contributed by atoms with Crippen molar-refractivity contribution < 1.29 is 0 Å². The van der Waals surface area contributed by atoms with E-state index in [9.17, 15) is 0 Å². The molecule has 0 bridgehead atoms. The number of aromatic nitrogens is 4. The first-order chi connectivity index (χ1) is 15.4. The molecule has 0 aliphatic heterocycles. The summed E-state index contributed by atoms with van der Waals surface area (Å²) in [5, 5.41) is 1.05. The highest BCUT2D eigenvalue weighted by Crippen LogP contribution is 2.47. The minimum Gasteiger partial charge on any atom is -0.293 e. The first-order valence-corrected chi connectivity index (χ1v) is 10.6. The van der Waals surface area contributed by atoms with E-state index in [1.54, 1.807) is 0 Å². The summed E-state index contributed by atoms with van der Waals surface area (Å²) in [7, 11) is 0. The lowest BCUT2D eigenvalue weighted by Gasteiger charge is -2.10. The number of nitrogens with zero attached hydrogens (tertiary/aromatic N) is 4. The fourth-order valence-corrected chi connectivity index (χ4v) is 5.67.